The van der Waals surface area contributed by atoms with E-state index in [0.29, 0.717) is 6.42 Å². The second kappa shape index (κ2) is 3.11. The molecule has 4 heteroatoms. The van der Waals surface area contributed by atoms with E-state index < -0.39 is 9.84 Å². The highest BCUT2D eigenvalue weighted by molar-refractivity contribution is 7.91. The molecule has 0 aromatic carbocycles. The maximum atomic E-state index is 11.0. The fourth-order valence-electron chi connectivity index (χ4n) is 1.58. The first kappa shape index (κ1) is 9.00. The van der Waals surface area contributed by atoms with Crippen LogP contribution in [0.2, 0.25) is 0 Å². The van der Waals surface area contributed by atoms with Crippen LogP contribution in [0.4, 0.5) is 0 Å². The summed E-state index contributed by atoms with van der Waals surface area (Å²) in [4.78, 5) is 0. The highest BCUT2D eigenvalue weighted by Gasteiger charge is 2.30. The summed E-state index contributed by atoms with van der Waals surface area (Å²) in [6.45, 7) is 0.131. The minimum Gasteiger partial charge on any atom is -0.396 e. The molecule has 0 radical (unpaired) electrons. The van der Waals surface area contributed by atoms with E-state index in [1.165, 1.54) is 6.26 Å². The fraction of sp³-hybridized carbons (Fsp3) is 1.00. The molecule has 1 fully saturated rings. The Balaban J connectivity index is 2.55. The number of rotatable bonds is 2. The standard InChI is InChI=1S/C7H14O3S/c1-11(9,10)7-3-2-6(4-7)5-8/h6-8H,2-5H2,1H3/t6-,7-/m0/s1. The third-order valence-corrected chi connectivity index (χ3v) is 4.00. The van der Waals surface area contributed by atoms with Crippen LogP contribution in [0.5, 0.6) is 0 Å². The molecule has 0 heterocycles. The predicted molar refractivity (Wildman–Crippen MR) is 43.1 cm³/mol. The highest BCUT2D eigenvalue weighted by atomic mass is 32.2. The van der Waals surface area contributed by atoms with Gasteiger partial charge >= 0.3 is 0 Å². The van der Waals surface area contributed by atoms with Gasteiger partial charge in [0.25, 0.3) is 0 Å². The second-order valence-corrected chi connectivity index (χ2v) is 5.64. The minimum atomic E-state index is -2.86. The summed E-state index contributed by atoms with van der Waals surface area (Å²) in [6.07, 6.45) is 3.51. The molecule has 2 atom stereocenters. The van der Waals surface area contributed by atoms with Gasteiger partial charge in [0.2, 0.25) is 0 Å². The highest BCUT2D eigenvalue weighted by Crippen LogP contribution is 2.29. The SMILES string of the molecule is CS(=O)(=O)[C@H]1CC[C@H](CO)C1. The number of sulfone groups is 1. The Kier molecular flexibility index (Phi) is 2.54. The molecule has 1 saturated carbocycles. The molecule has 1 aliphatic rings. The first-order chi connectivity index (χ1) is 5.04. The monoisotopic (exact) mass is 178 g/mol. The molecule has 0 aromatic rings. The van der Waals surface area contributed by atoms with Crippen molar-refractivity contribution in [2.24, 2.45) is 5.92 Å². The van der Waals surface area contributed by atoms with Crippen molar-refractivity contribution in [3.05, 3.63) is 0 Å². The molecule has 0 saturated heterocycles. The van der Waals surface area contributed by atoms with Crippen molar-refractivity contribution in [3.63, 3.8) is 0 Å². The average Bonchev–Trinajstić information content (AvgIpc) is 2.32. The quantitative estimate of drug-likeness (QED) is 0.657. The van der Waals surface area contributed by atoms with Gasteiger partial charge in [0.15, 0.2) is 0 Å². The van der Waals surface area contributed by atoms with Crippen LogP contribution in [0.25, 0.3) is 0 Å². The third kappa shape index (κ3) is 2.17. The Morgan fingerprint density at radius 1 is 1.45 bits per heavy atom. The van der Waals surface area contributed by atoms with E-state index in [4.69, 9.17) is 5.11 Å². The number of hydrogen-bond donors (Lipinski definition) is 1. The molecule has 3 nitrogen and oxygen atoms in total. The first-order valence-corrected chi connectivity index (χ1v) is 5.79. The summed E-state index contributed by atoms with van der Waals surface area (Å²) in [5, 5.41) is 8.56. The van der Waals surface area contributed by atoms with Crippen LogP contribution in [0.3, 0.4) is 0 Å². The lowest BCUT2D eigenvalue weighted by molar-refractivity contribution is 0.230. The minimum absolute atomic E-state index is 0.131. The van der Waals surface area contributed by atoms with E-state index in [0.717, 1.165) is 12.8 Å². The van der Waals surface area contributed by atoms with E-state index in [1.807, 2.05) is 0 Å². The van der Waals surface area contributed by atoms with Gasteiger partial charge < -0.3 is 5.11 Å². The summed E-state index contributed by atoms with van der Waals surface area (Å²) in [7, 11) is -2.86. The average molecular weight is 178 g/mol. The largest absolute Gasteiger partial charge is 0.396 e. The zero-order chi connectivity index (χ0) is 8.48. The predicted octanol–water partition coefficient (Wildman–Crippen LogP) is 0.192. The molecule has 1 aliphatic carbocycles. The Bertz CT molecular complexity index is 220. The summed E-state index contributed by atoms with van der Waals surface area (Å²) >= 11 is 0. The summed E-state index contributed by atoms with van der Waals surface area (Å²) in [5.41, 5.74) is 0. The number of hydrogen-bond acceptors (Lipinski definition) is 3. The molecular weight excluding hydrogens is 164 g/mol. The van der Waals surface area contributed by atoms with Crippen LogP contribution in [0.15, 0.2) is 0 Å². The molecule has 66 valence electrons. The maximum Gasteiger partial charge on any atom is 0.150 e. The van der Waals surface area contributed by atoms with Gasteiger partial charge in [-0.1, -0.05) is 0 Å². The van der Waals surface area contributed by atoms with E-state index in [2.05, 4.69) is 0 Å². The van der Waals surface area contributed by atoms with E-state index in [1.54, 1.807) is 0 Å². The molecule has 0 unspecified atom stereocenters. The van der Waals surface area contributed by atoms with Crippen molar-refractivity contribution >= 4 is 9.84 Å². The van der Waals surface area contributed by atoms with Gasteiger partial charge in [-0.2, -0.15) is 0 Å². The van der Waals surface area contributed by atoms with Gasteiger partial charge in [0.05, 0.1) is 5.25 Å². The number of aliphatic hydroxyl groups is 1. The van der Waals surface area contributed by atoms with Crippen LogP contribution in [-0.2, 0) is 9.84 Å². The van der Waals surface area contributed by atoms with E-state index >= 15 is 0 Å². The first-order valence-electron chi connectivity index (χ1n) is 3.83. The Labute approximate surface area is 67.3 Å². The number of aliphatic hydroxyl groups excluding tert-OH is 1. The van der Waals surface area contributed by atoms with Crippen molar-refractivity contribution in [2.75, 3.05) is 12.9 Å². The molecule has 1 N–H and O–H groups in total. The van der Waals surface area contributed by atoms with Gasteiger partial charge in [-0.15, -0.1) is 0 Å². The van der Waals surface area contributed by atoms with Gasteiger partial charge in [0, 0.05) is 12.9 Å². The van der Waals surface area contributed by atoms with Crippen LogP contribution in [0.1, 0.15) is 19.3 Å². The Hall–Kier alpha value is -0.0900. The molecule has 0 aliphatic heterocycles. The molecular formula is C7H14O3S. The van der Waals surface area contributed by atoms with Crippen molar-refractivity contribution in [3.8, 4) is 0 Å². The Morgan fingerprint density at radius 2 is 2.09 bits per heavy atom. The van der Waals surface area contributed by atoms with Gasteiger partial charge in [-0.05, 0) is 25.2 Å². The normalized spacial score (nSPS) is 32.5. The molecule has 11 heavy (non-hydrogen) atoms. The van der Waals surface area contributed by atoms with Gasteiger partial charge in [-0.3, -0.25) is 0 Å². The van der Waals surface area contributed by atoms with Crippen molar-refractivity contribution in [2.45, 2.75) is 24.5 Å². The van der Waals surface area contributed by atoms with Crippen LogP contribution in [0, 0.1) is 5.92 Å². The van der Waals surface area contributed by atoms with E-state index in [9.17, 15) is 8.42 Å². The van der Waals surface area contributed by atoms with Gasteiger partial charge in [-0.25, -0.2) is 8.42 Å². The summed E-state index contributed by atoms with van der Waals surface area (Å²) in [5.74, 6) is 0.217. The zero-order valence-corrected chi connectivity index (χ0v) is 7.47. The maximum absolute atomic E-state index is 11.0. The lowest BCUT2D eigenvalue weighted by Crippen LogP contribution is -2.16. The molecule has 1 rings (SSSR count). The molecule has 0 aromatic heterocycles. The van der Waals surface area contributed by atoms with E-state index in [-0.39, 0.29) is 17.8 Å². The smallest absolute Gasteiger partial charge is 0.150 e. The lowest BCUT2D eigenvalue weighted by atomic mass is 10.1. The third-order valence-electron chi connectivity index (χ3n) is 2.36. The van der Waals surface area contributed by atoms with Crippen LogP contribution >= 0.6 is 0 Å². The van der Waals surface area contributed by atoms with Gasteiger partial charge in [0.1, 0.15) is 9.84 Å². The lowest BCUT2D eigenvalue weighted by Gasteiger charge is -2.06. The Morgan fingerprint density at radius 3 is 2.36 bits per heavy atom. The second-order valence-electron chi connectivity index (χ2n) is 3.31. The summed E-state index contributed by atoms with van der Waals surface area (Å²) < 4.78 is 22.0. The molecule has 0 bridgehead atoms. The zero-order valence-electron chi connectivity index (χ0n) is 6.66. The van der Waals surface area contributed by atoms with Crippen molar-refractivity contribution in [1.29, 1.82) is 0 Å². The summed E-state index contributed by atoms with van der Waals surface area (Å²) in [6, 6.07) is 0. The van der Waals surface area contributed by atoms with Crippen molar-refractivity contribution < 1.29 is 13.5 Å². The molecule has 0 spiro atoms. The fourth-order valence-corrected chi connectivity index (χ4v) is 2.77. The molecule has 0 amide bonds. The van der Waals surface area contributed by atoms with Crippen molar-refractivity contribution in [1.82, 2.24) is 0 Å². The van der Waals surface area contributed by atoms with Crippen LogP contribution < -0.4 is 0 Å². The topological polar surface area (TPSA) is 54.4 Å². The van der Waals surface area contributed by atoms with Crippen LogP contribution in [-0.4, -0.2) is 31.6 Å².